The van der Waals surface area contributed by atoms with Crippen molar-refractivity contribution in [3.05, 3.63) is 65.9 Å². The summed E-state index contributed by atoms with van der Waals surface area (Å²) in [4.78, 5) is 20.8. The zero-order chi connectivity index (χ0) is 17.4. The van der Waals surface area contributed by atoms with Gasteiger partial charge in [-0.05, 0) is 30.3 Å². The van der Waals surface area contributed by atoms with Gasteiger partial charge in [0.2, 0.25) is 0 Å². The number of rotatable bonds is 4. The third-order valence-electron chi connectivity index (χ3n) is 4.36. The number of carbonyl (C=O) groups is 1. The number of para-hydroxylation sites is 1. The van der Waals surface area contributed by atoms with E-state index in [1.165, 1.54) is 0 Å². The highest BCUT2D eigenvalue weighted by Gasteiger charge is 2.16. The molecule has 0 saturated carbocycles. The standard InChI is InChI=1S/C20H17N3O2/c1-21-17-8-7-13(25-2)10-16(17)19(24)12-9-15-14-5-3-4-6-18(14)23-20(15)22-11-12/h3-11,21H,1-2H3,(H,22,23). The van der Waals surface area contributed by atoms with Crippen LogP contribution in [0, 0.1) is 0 Å². The van der Waals surface area contributed by atoms with Gasteiger partial charge in [0, 0.05) is 46.3 Å². The number of nitrogens with one attached hydrogen (secondary N) is 2. The number of methoxy groups -OCH3 is 1. The number of hydrogen-bond donors (Lipinski definition) is 2. The fraction of sp³-hybridized carbons (Fsp3) is 0.100. The van der Waals surface area contributed by atoms with E-state index in [-0.39, 0.29) is 5.78 Å². The van der Waals surface area contributed by atoms with Gasteiger partial charge in [0.1, 0.15) is 11.4 Å². The van der Waals surface area contributed by atoms with Gasteiger partial charge >= 0.3 is 0 Å². The molecule has 4 aromatic rings. The molecule has 0 radical (unpaired) electrons. The van der Waals surface area contributed by atoms with Gasteiger partial charge in [-0.15, -0.1) is 0 Å². The third kappa shape index (κ3) is 2.50. The Kier molecular flexibility index (Phi) is 3.61. The number of ether oxygens (including phenoxy) is 1. The van der Waals surface area contributed by atoms with Gasteiger partial charge in [0.05, 0.1) is 7.11 Å². The second-order valence-corrected chi connectivity index (χ2v) is 5.78. The highest BCUT2D eigenvalue weighted by molar-refractivity contribution is 6.15. The summed E-state index contributed by atoms with van der Waals surface area (Å²) in [7, 11) is 3.38. The van der Waals surface area contributed by atoms with E-state index >= 15 is 0 Å². The molecule has 0 aliphatic heterocycles. The molecule has 0 aliphatic carbocycles. The van der Waals surface area contributed by atoms with Crippen molar-refractivity contribution in [2.24, 2.45) is 0 Å². The molecular weight excluding hydrogens is 314 g/mol. The number of carbonyl (C=O) groups excluding carboxylic acids is 1. The van der Waals surface area contributed by atoms with Crippen molar-refractivity contribution >= 4 is 33.4 Å². The van der Waals surface area contributed by atoms with Gasteiger partial charge in [-0.2, -0.15) is 0 Å². The lowest BCUT2D eigenvalue weighted by Gasteiger charge is -2.10. The zero-order valence-electron chi connectivity index (χ0n) is 14.0. The van der Waals surface area contributed by atoms with Crippen molar-refractivity contribution in [2.75, 3.05) is 19.5 Å². The lowest BCUT2D eigenvalue weighted by Crippen LogP contribution is -2.06. The SMILES string of the molecule is CNc1ccc(OC)cc1C(=O)c1cnc2[nH]c3ccccc3c2c1. The Labute approximate surface area is 144 Å². The molecule has 2 aromatic heterocycles. The number of ketones is 1. The van der Waals surface area contributed by atoms with Crippen LogP contribution in [0.25, 0.3) is 21.9 Å². The van der Waals surface area contributed by atoms with Crippen LogP contribution in [-0.2, 0) is 0 Å². The summed E-state index contributed by atoms with van der Waals surface area (Å²) >= 11 is 0. The van der Waals surface area contributed by atoms with E-state index < -0.39 is 0 Å². The molecule has 0 aliphatic rings. The average molecular weight is 331 g/mol. The van der Waals surface area contributed by atoms with E-state index in [4.69, 9.17) is 4.74 Å². The van der Waals surface area contributed by atoms with Crippen molar-refractivity contribution in [3.8, 4) is 5.75 Å². The first-order chi connectivity index (χ1) is 12.2. The van der Waals surface area contributed by atoms with Crippen LogP contribution in [0.3, 0.4) is 0 Å². The smallest absolute Gasteiger partial charge is 0.196 e. The van der Waals surface area contributed by atoms with Crippen LogP contribution in [0.4, 0.5) is 5.69 Å². The summed E-state index contributed by atoms with van der Waals surface area (Å²) in [5.41, 5.74) is 3.64. The quantitative estimate of drug-likeness (QED) is 0.555. The maximum Gasteiger partial charge on any atom is 0.196 e. The number of fused-ring (bicyclic) bond motifs is 3. The fourth-order valence-corrected chi connectivity index (χ4v) is 3.06. The lowest BCUT2D eigenvalue weighted by molar-refractivity contribution is 0.103. The number of anilines is 1. The van der Waals surface area contributed by atoms with Crippen LogP contribution in [0.2, 0.25) is 0 Å². The highest BCUT2D eigenvalue weighted by Crippen LogP contribution is 2.28. The second-order valence-electron chi connectivity index (χ2n) is 5.78. The molecule has 0 fully saturated rings. The van der Waals surface area contributed by atoms with E-state index in [1.54, 1.807) is 26.4 Å². The molecule has 124 valence electrons. The number of nitrogens with zero attached hydrogens (tertiary/aromatic N) is 1. The molecule has 0 unspecified atom stereocenters. The maximum atomic E-state index is 13.1. The van der Waals surface area contributed by atoms with Gasteiger partial charge in [-0.1, -0.05) is 18.2 Å². The van der Waals surface area contributed by atoms with Crippen molar-refractivity contribution in [1.82, 2.24) is 9.97 Å². The van der Waals surface area contributed by atoms with Gasteiger partial charge in [0.15, 0.2) is 5.78 Å². The van der Waals surface area contributed by atoms with Gasteiger partial charge in [0.25, 0.3) is 0 Å². The number of benzene rings is 2. The Morgan fingerprint density at radius 1 is 1.12 bits per heavy atom. The van der Waals surface area contributed by atoms with Crippen molar-refractivity contribution < 1.29 is 9.53 Å². The zero-order valence-corrected chi connectivity index (χ0v) is 14.0. The van der Waals surface area contributed by atoms with Crippen LogP contribution in [-0.4, -0.2) is 29.9 Å². The Hall–Kier alpha value is -3.34. The summed E-state index contributed by atoms with van der Waals surface area (Å²) < 4.78 is 5.26. The molecule has 0 saturated heterocycles. The first kappa shape index (κ1) is 15.2. The number of aromatic amines is 1. The van der Waals surface area contributed by atoms with Gasteiger partial charge in [-0.3, -0.25) is 4.79 Å². The molecule has 4 rings (SSSR count). The molecular formula is C20H17N3O2. The van der Waals surface area contributed by atoms with Crippen LogP contribution in [0.5, 0.6) is 5.75 Å². The number of aromatic nitrogens is 2. The Bertz CT molecular complexity index is 1100. The van der Waals surface area contributed by atoms with E-state index in [0.29, 0.717) is 16.9 Å². The minimum Gasteiger partial charge on any atom is -0.497 e. The van der Waals surface area contributed by atoms with Crippen molar-refractivity contribution in [1.29, 1.82) is 0 Å². The minimum atomic E-state index is -0.0945. The third-order valence-corrected chi connectivity index (χ3v) is 4.36. The molecule has 2 heterocycles. The molecule has 0 amide bonds. The van der Waals surface area contributed by atoms with E-state index in [2.05, 4.69) is 15.3 Å². The predicted octanol–water partition coefficient (Wildman–Crippen LogP) is 4.00. The van der Waals surface area contributed by atoms with Gasteiger partial charge < -0.3 is 15.0 Å². The van der Waals surface area contributed by atoms with Crippen LogP contribution < -0.4 is 10.1 Å². The number of hydrogen-bond acceptors (Lipinski definition) is 4. The highest BCUT2D eigenvalue weighted by atomic mass is 16.5. The second kappa shape index (κ2) is 5.94. The normalized spacial score (nSPS) is 11.0. The van der Waals surface area contributed by atoms with E-state index in [1.807, 2.05) is 42.5 Å². The van der Waals surface area contributed by atoms with Crippen LogP contribution in [0.1, 0.15) is 15.9 Å². The summed E-state index contributed by atoms with van der Waals surface area (Å²) in [6.07, 6.45) is 1.61. The first-order valence-electron chi connectivity index (χ1n) is 7.98. The topological polar surface area (TPSA) is 67.0 Å². The van der Waals surface area contributed by atoms with Gasteiger partial charge in [-0.25, -0.2) is 4.98 Å². The predicted molar refractivity (Wildman–Crippen MR) is 99.6 cm³/mol. The Balaban J connectivity index is 1.86. The monoisotopic (exact) mass is 331 g/mol. The fourth-order valence-electron chi connectivity index (χ4n) is 3.06. The number of pyridine rings is 1. The summed E-state index contributed by atoms with van der Waals surface area (Å²) in [6, 6.07) is 15.3. The first-order valence-corrected chi connectivity index (χ1v) is 7.98. The maximum absolute atomic E-state index is 13.1. The molecule has 5 nitrogen and oxygen atoms in total. The van der Waals surface area contributed by atoms with E-state index in [9.17, 15) is 4.79 Å². The van der Waals surface area contributed by atoms with Crippen LogP contribution >= 0.6 is 0 Å². The number of H-pyrrole nitrogens is 1. The van der Waals surface area contributed by atoms with Crippen molar-refractivity contribution in [2.45, 2.75) is 0 Å². The van der Waals surface area contributed by atoms with Crippen LogP contribution in [0.15, 0.2) is 54.7 Å². The minimum absolute atomic E-state index is 0.0945. The Morgan fingerprint density at radius 2 is 1.96 bits per heavy atom. The summed E-state index contributed by atoms with van der Waals surface area (Å²) in [6.45, 7) is 0. The lowest BCUT2D eigenvalue weighted by atomic mass is 10.0. The molecule has 2 N–H and O–H groups in total. The molecule has 5 heteroatoms. The largest absolute Gasteiger partial charge is 0.497 e. The van der Waals surface area contributed by atoms with E-state index in [0.717, 1.165) is 27.6 Å². The molecule has 2 aromatic carbocycles. The average Bonchev–Trinajstić information content (AvgIpc) is 3.04. The molecule has 0 atom stereocenters. The molecule has 0 spiro atoms. The Morgan fingerprint density at radius 3 is 2.76 bits per heavy atom. The summed E-state index contributed by atoms with van der Waals surface area (Å²) in [5, 5.41) is 5.05. The summed E-state index contributed by atoms with van der Waals surface area (Å²) in [5.74, 6) is 0.548. The van der Waals surface area contributed by atoms with Crippen molar-refractivity contribution in [3.63, 3.8) is 0 Å². The molecule has 0 bridgehead atoms. The molecule has 25 heavy (non-hydrogen) atoms.